The van der Waals surface area contributed by atoms with Gasteiger partial charge in [-0.15, -0.1) is 0 Å². The number of ether oxygens (including phenoxy) is 1. The van der Waals surface area contributed by atoms with E-state index in [-0.39, 0.29) is 12.1 Å². The molecule has 1 aromatic carbocycles. The van der Waals surface area contributed by atoms with Crippen molar-refractivity contribution in [1.82, 2.24) is 29.4 Å². The van der Waals surface area contributed by atoms with Crippen molar-refractivity contribution in [1.29, 1.82) is 0 Å². The number of methoxy groups -OCH3 is 1. The van der Waals surface area contributed by atoms with Crippen LogP contribution in [0.1, 0.15) is 42.9 Å². The molecule has 0 radical (unpaired) electrons. The first-order valence-electron chi connectivity index (χ1n) is 11.6. The minimum absolute atomic E-state index is 0.0181. The summed E-state index contributed by atoms with van der Waals surface area (Å²) in [5.41, 5.74) is 4.21. The maximum absolute atomic E-state index is 11.5. The third-order valence-corrected chi connectivity index (χ3v) is 7.49. The smallest absolute Gasteiger partial charge is 0.229 e. The molecule has 0 amide bonds. The minimum Gasteiger partial charge on any atom is -0.495 e. The van der Waals surface area contributed by atoms with E-state index in [4.69, 9.17) is 9.72 Å². The van der Waals surface area contributed by atoms with Gasteiger partial charge in [-0.2, -0.15) is 10.1 Å². The predicted octanol–water partition coefficient (Wildman–Crippen LogP) is 2.60. The predicted molar refractivity (Wildman–Crippen MR) is 131 cm³/mol. The van der Waals surface area contributed by atoms with E-state index >= 15 is 0 Å². The van der Waals surface area contributed by atoms with Gasteiger partial charge in [-0.3, -0.25) is 0 Å². The summed E-state index contributed by atoms with van der Waals surface area (Å²) in [7, 11) is 0.611. The second kappa shape index (κ2) is 9.12. The lowest BCUT2D eigenvalue weighted by Crippen LogP contribution is -2.37. The first-order valence-corrected chi connectivity index (χ1v) is 13.5. The Bertz CT molecular complexity index is 1300. The number of nitrogens with one attached hydrogen (secondary N) is 2. The van der Waals surface area contributed by atoms with Crippen molar-refractivity contribution in [2.75, 3.05) is 32.3 Å². The average Bonchev–Trinajstić information content (AvgIpc) is 3.21. The molecule has 2 N–H and O–H groups in total. The standard InChI is InChI=1S/C23H31N7O3S/c1-29-9-8-15-11-21(33-2)20(10-16(15)14-29)26-23-24-12-17-13-25-30(22(17)27-23)19-6-4-18(5-7-19)28-34(3,31)32/h10-13,18-19,28H,4-9,14H2,1-3H3,(H,24,26,27)/t18-,19-. The van der Waals surface area contributed by atoms with Crippen LogP contribution in [0, 0.1) is 0 Å². The van der Waals surface area contributed by atoms with Crippen molar-refractivity contribution in [3.8, 4) is 5.75 Å². The summed E-state index contributed by atoms with van der Waals surface area (Å²) in [4.78, 5) is 11.6. The van der Waals surface area contributed by atoms with Crippen LogP contribution in [0.25, 0.3) is 11.0 Å². The third kappa shape index (κ3) is 4.86. The molecule has 2 aromatic heterocycles. The van der Waals surface area contributed by atoms with Crippen LogP contribution >= 0.6 is 0 Å². The molecule has 2 aliphatic rings. The number of anilines is 2. The van der Waals surface area contributed by atoms with Gasteiger partial charge in [0.15, 0.2) is 5.65 Å². The Hall–Kier alpha value is -2.76. The number of benzene rings is 1. The van der Waals surface area contributed by atoms with E-state index in [0.717, 1.165) is 67.7 Å². The van der Waals surface area contributed by atoms with Crippen LogP contribution in [-0.4, -0.2) is 66.1 Å². The minimum atomic E-state index is -3.19. The summed E-state index contributed by atoms with van der Waals surface area (Å²) in [5, 5.41) is 8.81. The summed E-state index contributed by atoms with van der Waals surface area (Å²) in [6.07, 6.45) is 9.00. The zero-order valence-corrected chi connectivity index (χ0v) is 20.6. The SMILES string of the molecule is COc1cc2c(cc1Nc1ncc3cnn([C@H]4CC[C@H](NS(C)(=O)=O)CC4)c3n1)CN(C)CC2. The van der Waals surface area contributed by atoms with Crippen molar-refractivity contribution in [3.63, 3.8) is 0 Å². The Kier molecular flexibility index (Phi) is 6.17. The molecule has 0 bridgehead atoms. The molecule has 34 heavy (non-hydrogen) atoms. The van der Waals surface area contributed by atoms with Gasteiger partial charge in [0.05, 0.1) is 36.7 Å². The van der Waals surface area contributed by atoms with Gasteiger partial charge in [0.25, 0.3) is 0 Å². The molecular weight excluding hydrogens is 454 g/mol. The van der Waals surface area contributed by atoms with Crippen molar-refractivity contribution < 1.29 is 13.2 Å². The summed E-state index contributed by atoms with van der Waals surface area (Å²) < 4.78 is 33.4. The highest BCUT2D eigenvalue weighted by molar-refractivity contribution is 7.88. The number of likely N-dealkylation sites (N-methyl/N-ethyl adjacent to an activating group) is 1. The van der Waals surface area contributed by atoms with Crippen LogP contribution in [0.5, 0.6) is 5.75 Å². The van der Waals surface area contributed by atoms with E-state index < -0.39 is 10.0 Å². The van der Waals surface area contributed by atoms with Crippen LogP contribution in [-0.2, 0) is 23.0 Å². The third-order valence-electron chi connectivity index (χ3n) is 6.73. The summed E-state index contributed by atoms with van der Waals surface area (Å²) in [6, 6.07) is 4.39. The number of hydrogen-bond acceptors (Lipinski definition) is 8. The highest BCUT2D eigenvalue weighted by atomic mass is 32.2. The first kappa shape index (κ1) is 23.0. The van der Waals surface area contributed by atoms with Gasteiger partial charge in [0.1, 0.15) is 5.75 Å². The zero-order valence-electron chi connectivity index (χ0n) is 19.8. The van der Waals surface area contributed by atoms with E-state index in [9.17, 15) is 8.42 Å². The van der Waals surface area contributed by atoms with Gasteiger partial charge in [0.2, 0.25) is 16.0 Å². The van der Waals surface area contributed by atoms with Crippen LogP contribution in [0.3, 0.4) is 0 Å². The molecule has 0 saturated heterocycles. The van der Waals surface area contributed by atoms with Gasteiger partial charge in [0, 0.05) is 25.3 Å². The molecule has 10 nitrogen and oxygen atoms in total. The highest BCUT2D eigenvalue weighted by Crippen LogP contribution is 2.34. The highest BCUT2D eigenvalue weighted by Gasteiger charge is 2.26. The number of nitrogens with zero attached hydrogens (tertiary/aromatic N) is 5. The average molecular weight is 486 g/mol. The lowest BCUT2D eigenvalue weighted by molar-refractivity contribution is 0.299. The van der Waals surface area contributed by atoms with E-state index in [1.54, 1.807) is 19.5 Å². The van der Waals surface area contributed by atoms with E-state index in [1.807, 2.05) is 4.68 Å². The van der Waals surface area contributed by atoms with Crippen LogP contribution < -0.4 is 14.8 Å². The number of aromatic nitrogens is 4. The van der Waals surface area contributed by atoms with Gasteiger partial charge >= 0.3 is 0 Å². The van der Waals surface area contributed by atoms with Crippen LogP contribution in [0.15, 0.2) is 24.5 Å². The van der Waals surface area contributed by atoms with Crippen molar-refractivity contribution in [3.05, 3.63) is 35.7 Å². The molecule has 1 aliphatic carbocycles. The number of sulfonamides is 1. The topological polar surface area (TPSA) is 114 Å². The molecule has 0 spiro atoms. The Labute approximate surface area is 199 Å². The quantitative estimate of drug-likeness (QED) is 0.548. The molecule has 0 atom stereocenters. The monoisotopic (exact) mass is 485 g/mol. The maximum atomic E-state index is 11.5. The molecule has 5 rings (SSSR count). The normalized spacial score (nSPS) is 21.4. The zero-order chi connectivity index (χ0) is 23.9. The molecule has 182 valence electrons. The molecular formula is C23H31N7O3S. The molecule has 3 heterocycles. The number of rotatable bonds is 6. The Morgan fingerprint density at radius 1 is 1.12 bits per heavy atom. The summed E-state index contributed by atoms with van der Waals surface area (Å²) >= 11 is 0. The Morgan fingerprint density at radius 3 is 2.65 bits per heavy atom. The first-order chi connectivity index (χ1) is 16.3. The van der Waals surface area contributed by atoms with Crippen molar-refractivity contribution in [2.24, 2.45) is 0 Å². The lowest BCUT2D eigenvalue weighted by atomic mass is 9.92. The van der Waals surface area contributed by atoms with Gasteiger partial charge < -0.3 is 15.0 Å². The summed E-state index contributed by atoms with van der Waals surface area (Å²) in [6.45, 7) is 1.94. The van der Waals surface area contributed by atoms with Gasteiger partial charge in [-0.25, -0.2) is 22.8 Å². The fourth-order valence-corrected chi connectivity index (χ4v) is 5.86. The van der Waals surface area contributed by atoms with Crippen molar-refractivity contribution >= 4 is 32.7 Å². The maximum Gasteiger partial charge on any atom is 0.229 e. The molecule has 0 unspecified atom stereocenters. The van der Waals surface area contributed by atoms with E-state index in [2.05, 4.69) is 44.2 Å². The largest absolute Gasteiger partial charge is 0.495 e. The van der Waals surface area contributed by atoms with Crippen LogP contribution in [0.2, 0.25) is 0 Å². The fraction of sp³-hybridized carbons (Fsp3) is 0.522. The number of hydrogen-bond donors (Lipinski definition) is 2. The van der Waals surface area contributed by atoms with Gasteiger partial charge in [-0.05, 0) is 62.4 Å². The lowest BCUT2D eigenvalue weighted by Gasteiger charge is -2.28. The number of fused-ring (bicyclic) bond motifs is 2. The second-order valence-electron chi connectivity index (χ2n) is 9.39. The summed E-state index contributed by atoms with van der Waals surface area (Å²) in [5.74, 6) is 1.27. The van der Waals surface area contributed by atoms with Gasteiger partial charge in [-0.1, -0.05) is 0 Å². The second-order valence-corrected chi connectivity index (χ2v) is 11.2. The molecule has 1 aliphatic heterocycles. The molecule has 3 aromatic rings. The van der Waals surface area contributed by atoms with E-state index in [1.165, 1.54) is 17.4 Å². The van der Waals surface area contributed by atoms with Crippen LogP contribution in [0.4, 0.5) is 11.6 Å². The fourth-order valence-electron chi connectivity index (χ4n) is 5.02. The molecule has 11 heteroatoms. The molecule has 1 saturated carbocycles. The Morgan fingerprint density at radius 2 is 1.91 bits per heavy atom. The molecule has 1 fully saturated rings. The van der Waals surface area contributed by atoms with E-state index in [0.29, 0.717) is 5.95 Å². The van der Waals surface area contributed by atoms with Crippen molar-refractivity contribution in [2.45, 2.75) is 50.7 Å². The Balaban J connectivity index is 1.37.